The first-order chi connectivity index (χ1) is 14.0. The molecule has 0 bridgehead atoms. The van der Waals surface area contributed by atoms with Crippen LogP contribution < -0.4 is 0 Å². The molecule has 4 aromatic carbocycles. The minimum absolute atomic E-state index is 0.123. The van der Waals surface area contributed by atoms with Gasteiger partial charge in [-0.15, -0.1) is 0 Å². The predicted molar refractivity (Wildman–Crippen MR) is 109 cm³/mol. The topological polar surface area (TPSA) is 0 Å². The zero-order valence-corrected chi connectivity index (χ0v) is 15.8. The van der Waals surface area contributed by atoms with E-state index >= 15 is 4.39 Å². The molecule has 29 heavy (non-hydrogen) atoms. The Bertz CT molecular complexity index is 1210. The van der Waals surface area contributed by atoms with Crippen molar-refractivity contribution in [1.82, 2.24) is 0 Å². The van der Waals surface area contributed by atoms with Crippen LogP contribution in [0.1, 0.15) is 18.9 Å². The molecule has 0 unspecified atom stereocenters. The van der Waals surface area contributed by atoms with Crippen LogP contribution in [0.2, 0.25) is 0 Å². The summed E-state index contributed by atoms with van der Waals surface area (Å²) < 4.78 is 56.4. The van der Waals surface area contributed by atoms with Crippen LogP contribution in [0.15, 0.2) is 66.7 Å². The lowest BCUT2D eigenvalue weighted by Crippen LogP contribution is -1.92. The number of hydrogen-bond acceptors (Lipinski definition) is 0. The van der Waals surface area contributed by atoms with Gasteiger partial charge in [-0.2, -0.15) is 0 Å². The molecule has 4 aromatic rings. The first-order valence-corrected chi connectivity index (χ1v) is 9.44. The Kier molecular flexibility index (Phi) is 5.10. The van der Waals surface area contributed by atoms with Crippen molar-refractivity contribution >= 4 is 10.8 Å². The van der Waals surface area contributed by atoms with E-state index < -0.39 is 23.3 Å². The van der Waals surface area contributed by atoms with Crippen molar-refractivity contribution in [1.29, 1.82) is 0 Å². The zero-order valence-electron chi connectivity index (χ0n) is 15.8. The quantitative estimate of drug-likeness (QED) is 0.311. The molecule has 0 spiro atoms. The highest BCUT2D eigenvalue weighted by Gasteiger charge is 2.14. The molecule has 0 atom stereocenters. The highest BCUT2D eigenvalue weighted by Crippen LogP contribution is 2.33. The molecule has 0 heterocycles. The standard InChI is InChI=1S/C25H18F4/c1-2-3-15-4-8-20-16(12-15)6-10-21(25(20)29)18-5-9-19(23(27)13-18)17-7-11-22(26)24(28)14-17/h4-14H,2-3H2,1H3. The fourth-order valence-electron chi connectivity index (χ4n) is 3.59. The number of rotatable bonds is 4. The Hall–Kier alpha value is -3.14. The van der Waals surface area contributed by atoms with Crippen molar-refractivity contribution in [2.45, 2.75) is 19.8 Å². The van der Waals surface area contributed by atoms with E-state index in [0.29, 0.717) is 10.9 Å². The fourth-order valence-corrected chi connectivity index (χ4v) is 3.59. The first kappa shape index (κ1) is 19.2. The summed E-state index contributed by atoms with van der Waals surface area (Å²) in [5.41, 5.74) is 2.16. The van der Waals surface area contributed by atoms with Crippen molar-refractivity contribution in [3.8, 4) is 22.3 Å². The van der Waals surface area contributed by atoms with E-state index in [1.54, 1.807) is 18.2 Å². The third-order valence-corrected chi connectivity index (χ3v) is 5.07. The molecule has 0 N–H and O–H groups in total. The molecule has 0 aliphatic rings. The van der Waals surface area contributed by atoms with Gasteiger partial charge in [0, 0.05) is 16.5 Å². The van der Waals surface area contributed by atoms with E-state index in [1.807, 2.05) is 18.2 Å². The van der Waals surface area contributed by atoms with Gasteiger partial charge in [-0.1, -0.05) is 61.9 Å². The zero-order chi connectivity index (χ0) is 20.5. The summed E-state index contributed by atoms with van der Waals surface area (Å²) in [6.07, 6.45) is 1.94. The van der Waals surface area contributed by atoms with E-state index in [0.717, 1.165) is 35.9 Å². The normalized spacial score (nSPS) is 11.2. The van der Waals surface area contributed by atoms with Gasteiger partial charge < -0.3 is 0 Å². The van der Waals surface area contributed by atoms with E-state index in [9.17, 15) is 13.2 Å². The summed E-state index contributed by atoms with van der Waals surface area (Å²) in [5.74, 6) is -3.09. The Morgan fingerprint density at radius 3 is 2.03 bits per heavy atom. The third-order valence-electron chi connectivity index (χ3n) is 5.07. The number of halogens is 4. The van der Waals surface area contributed by atoms with E-state index in [4.69, 9.17) is 0 Å². The summed E-state index contributed by atoms with van der Waals surface area (Å²) in [5, 5.41) is 1.28. The molecule has 0 radical (unpaired) electrons. The van der Waals surface area contributed by atoms with Crippen LogP contribution in [-0.2, 0) is 6.42 Å². The molecule has 0 saturated carbocycles. The molecule has 0 saturated heterocycles. The highest BCUT2D eigenvalue weighted by molar-refractivity contribution is 5.89. The molecule has 0 aromatic heterocycles. The smallest absolute Gasteiger partial charge is 0.159 e. The van der Waals surface area contributed by atoms with Gasteiger partial charge in [0.05, 0.1) is 0 Å². The highest BCUT2D eigenvalue weighted by atomic mass is 19.2. The molecular formula is C25H18F4. The molecule has 0 aliphatic carbocycles. The Morgan fingerprint density at radius 2 is 1.31 bits per heavy atom. The van der Waals surface area contributed by atoms with Crippen LogP contribution >= 0.6 is 0 Å². The molecule has 4 heteroatoms. The lowest BCUT2D eigenvalue weighted by atomic mass is 9.96. The average Bonchev–Trinajstić information content (AvgIpc) is 2.71. The summed E-state index contributed by atoms with van der Waals surface area (Å²) in [6, 6.07) is 16.5. The number of hydrogen-bond donors (Lipinski definition) is 0. The second kappa shape index (κ2) is 7.70. The largest absolute Gasteiger partial charge is 0.206 e. The summed E-state index contributed by atoms with van der Waals surface area (Å²) >= 11 is 0. The predicted octanol–water partition coefficient (Wildman–Crippen LogP) is 7.68. The molecule has 0 amide bonds. The molecule has 0 aliphatic heterocycles. The summed E-state index contributed by atoms with van der Waals surface area (Å²) in [6.45, 7) is 2.09. The van der Waals surface area contributed by atoms with Gasteiger partial charge in [0.1, 0.15) is 11.6 Å². The Morgan fingerprint density at radius 1 is 0.621 bits per heavy atom. The second-order valence-electron chi connectivity index (χ2n) is 7.06. The summed E-state index contributed by atoms with van der Waals surface area (Å²) in [4.78, 5) is 0. The van der Waals surface area contributed by atoms with Gasteiger partial charge in [-0.3, -0.25) is 0 Å². The molecule has 146 valence electrons. The molecule has 0 fully saturated rings. The SMILES string of the molecule is CCCc1ccc2c(F)c(-c3ccc(-c4ccc(F)c(F)c4)c(F)c3)ccc2c1. The molecular weight excluding hydrogens is 376 g/mol. The van der Waals surface area contributed by atoms with Crippen LogP contribution in [0.5, 0.6) is 0 Å². The lowest BCUT2D eigenvalue weighted by molar-refractivity contribution is 0.509. The van der Waals surface area contributed by atoms with Crippen molar-refractivity contribution in [2.75, 3.05) is 0 Å². The Labute approximate surface area is 166 Å². The number of benzene rings is 4. The van der Waals surface area contributed by atoms with Gasteiger partial charge in [0.25, 0.3) is 0 Å². The van der Waals surface area contributed by atoms with Gasteiger partial charge in [-0.05, 0) is 46.7 Å². The maximum Gasteiger partial charge on any atom is 0.159 e. The fraction of sp³-hybridized carbons (Fsp3) is 0.120. The second-order valence-corrected chi connectivity index (χ2v) is 7.06. The van der Waals surface area contributed by atoms with E-state index in [-0.39, 0.29) is 16.7 Å². The van der Waals surface area contributed by atoms with Crippen LogP contribution in [0.4, 0.5) is 17.6 Å². The maximum absolute atomic E-state index is 15.1. The van der Waals surface area contributed by atoms with Gasteiger partial charge in [0.15, 0.2) is 11.6 Å². The number of fused-ring (bicyclic) bond motifs is 1. The minimum Gasteiger partial charge on any atom is -0.206 e. The van der Waals surface area contributed by atoms with Crippen molar-refractivity contribution in [2.24, 2.45) is 0 Å². The molecule has 4 rings (SSSR count). The lowest BCUT2D eigenvalue weighted by Gasteiger charge is -2.11. The van der Waals surface area contributed by atoms with Crippen LogP contribution in [0.25, 0.3) is 33.0 Å². The molecule has 0 nitrogen and oxygen atoms in total. The minimum atomic E-state index is -1.05. The van der Waals surface area contributed by atoms with Crippen molar-refractivity contribution in [3.63, 3.8) is 0 Å². The van der Waals surface area contributed by atoms with Crippen molar-refractivity contribution < 1.29 is 17.6 Å². The Balaban J connectivity index is 1.75. The van der Waals surface area contributed by atoms with Crippen LogP contribution in [-0.4, -0.2) is 0 Å². The van der Waals surface area contributed by atoms with Crippen LogP contribution in [0, 0.1) is 23.3 Å². The van der Waals surface area contributed by atoms with Gasteiger partial charge in [-0.25, -0.2) is 17.6 Å². The maximum atomic E-state index is 15.1. The van der Waals surface area contributed by atoms with Crippen LogP contribution in [0.3, 0.4) is 0 Å². The monoisotopic (exact) mass is 394 g/mol. The number of aryl methyl sites for hydroxylation is 1. The van der Waals surface area contributed by atoms with Crippen molar-refractivity contribution in [3.05, 3.63) is 95.6 Å². The van der Waals surface area contributed by atoms with Gasteiger partial charge >= 0.3 is 0 Å². The van der Waals surface area contributed by atoms with E-state index in [2.05, 4.69) is 6.92 Å². The van der Waals surface area contributed by atoms with E-state index in [1.165, 1.54) is 18.2 Å². The summed E-state index contributed by atoms with van der Waals surface area (Å²) in [7, 11) is 0. The average molecular weight is 394 g/mol. The van der Waals surface area contributed by atoms with Gasteiger partial charge in [0.2, 0.25) is 0 Å². The third kappa shape index (κ3) is 3.63. The first-order valence-electron chi connectivity index (χ1n) is 9.44.